The molecule has 0 unspecified atom stereocenters. The number of hydrogen-bond acceptors (Lipinski definition) is 4. The molecule has 0 spiro atoms. The number of carbonyl (C=O) groups is 1. The molecule has 3 N–H and O–H groups in total. The van der Waals surface area contributed by atoms with Crippen LogP contribution in [0.4, 0.5) is 5.82 Å². The summed E-state index contributed by atoms with van der Waals surface area (Å²) >= 11 is 0. The number of nitrogens with one attached hydrogen (secondary N) is 1. The molecule has 5 heteroatoms. The van der Waals surface area contributed by atoms with Gasteiger partial charge in [0, 0.05) is 30.9 Å². The molecule has 1 fully saturated rings. The van der Waals surface area contributed by atoms with Crippen LogP contribution in [0.5, 0.6) is 0 Å². The fourth-order valence-corrected chi connectivity index (χ4v) is 2.02. The maximum atomic E-state index is 11.5. The van der Waals surface area contributed by atoms with E-state index >= 15 is 0 Å². The second-order valence-corrected chi connectivity index (χ2v) is 4.33. The van der Waals surface area contributed by atoms with E-state index in [0.717, 1.165) is 30.9 Å². The van der Waals surface area contributed by atoms with E-state index in [1.807, 2.05) is 24.0 Å². The van der Waals surface area contributed by atoms with Crippen LogP contribution in [0.25, 0.3) is 0 Å². The summed E-state index contributed by atoms with van der Waals surface area (Å²) < 4.78 is 0. The van der Waals surface area contributed by atoms with E-state index in [-0.39, 0.29) is 11.9 Å². The van der Waals surface area contributed by atoms with Crippen LogP contribution in [0.2, 0.25) is 0 Å². The normalized spacial score (nSPS) is 18.5. The number of nitrogens with zero attached hydrogens (tertiary/aromatic N) is 2. The van der Waals surface area contributed by atoms with Gasteiger partial charge in [0.15, 0.2) is 0 Å². The van der Waals surface area contributed by atoms with E-state index < -0.39 is 0 Å². The number of amides is 1. The van der Waals surface area contributed by atoms with Gasteiger partial charge in [0.25, 0.3) is 0 Å². The minimum atomic E-state index is -0.0787. The SMILES string of the molecule is C[C@H](N)c1cccnc1N1CCCNC(=O)C1. The van der Waals surface area contributed by atoms with Crippen LogP contribution in [0.3, 0.4) is 0 Å². The highest BCUT2D eigenvalue weighted by Gasteiger charge is 2.19. The van der Waals surface area contributed by atoms with Crippen LogP contribution in [0, 0.1) is 0 Å². The predicted molar refractivity (Wildman–Crippen MR) is 66.7 cm³/mol. The van der Waals surface area contributed by atoms with Crippen molar-refractivity contribution in [3.8, 4) is 0 Å². The molecule has 1 atom stereocenters. The Kier molecular flexibility index (Phi) is 3.58. The molecule has 92 valence electrons. The van der Waals surface area contributed by atoms with Gasteiger partial charge in [0.2, 0.25) is 5.91 Å². The van der Waals surface area contributed by atoms with Crippen LogP contribution in [0.1, 0.15) is 24.9 Å². The van der Waals surface area contributed by atoms with Gasteiger partial charge in [-0.2, -0.15) is 0 Å². The Labute approximate surface area is 101 Å². The highest BCUT2D eigenvalue weighted by atomic mass is 16.2. The Bertz CT molecular complexity index is 405. The van der Waals surface area contributed by atoms with Gasteiger partial charge >= 0.3 is 0 Å². The first kappa shape index (κ1) is 11.9. The first-order valence-corrected chi connectivity index (χ1v) is 5.90. The molecule has 0 saturated carbocycles. The van der Waals surface area contributed by atoms with Gasteiger partial charge in [0.1, 0.15) is 5.82 Å². The molecular weight excluding hydrogens is 216 g/mol. The van der Waals surface area contributed by atoms with Crippen molar-refractivity contribution in [2.24, 2.45) is 5.73 Å². The molecule has 1 aromatic rings. The smallest absolute Gasteiger partial charge is 0.239 e. The van der Waals surface area contributed by atoms with E-state index in [1.165, 1.54) is 0 Å². The van der Waals surface area contributed by atoms with Gasteiger partial charge in [-0.15, -0.1) is 0 Å². The molecule has 1 saturated heterocycles. The van der Waals surface area contributed by atoms with Crippen LogP contribution in [-0.4, -0.2) is 30.5 Å². The minimum Gasteiger partial charge on any atom is -0.354 e. The number of anilines is 1. The van der Waals surface area contributed by atoms with Crippen molar-refractivity contribution in [1.82, 2.24) is 10.3 Å². The topological polar surface area (TPSA) is 71.2 Å². The Morgan fingerprint density at radius 3 is 3.18 bits per heavy atom. The molecule has 2 heterocycles. The van der Waals surface area contributed by atoms with Crippen LogP contribution in [0.15, 0.2) is 18.3 Å². The maximum Gasteiger partial charge on any atom is 0.239 e. The van der Waals surface area contributed by atoms with Gasteiger partial charge < -0.3 is 16.0 Å². The summed E-state index contributed by atoms with van der Waals surface area (Å²) in [6, 6.07) is 3.76. The summed E-state index contributed by atoms with van der Waals surface area (Å²) in [6.07, 6.45) is 2.67. The number of pyridine rings is 1. The van der Waals surface area contributed by atoms with E-state index in [9.17, 15) is 4.79 Å². The summed E-state index contributed by atoms with van der Waals surface area (Å²) in [5.74, 6) is 0.878. The fraction of sp³-hybridized carbons (Fsp3) is 0.500. The minimum absolute atomic E-state index is 0.0452. The van der Waals surface area contributed by atoms with Gasteiger partial charge in [-0.3, -0.25) is 4.79 Å². The summed E-state index contributed by atoms with van der Waals surface area (Å²) in [4.78, 5) is 17.9. The second-order valence-electron chi connectivity index (χ2n) is 4.33. The zero-order valence-electron chi connectivity index (χ0n) is 10.0. The third-order valence-corrected chi connectivity index (χ3v) is 2.87. The molecule has 1 aromatic heterocycles. The summed E-state index contributed by atoms with van der Waals surface area (Å²) in [6.45, 7) is 3.85. The molecule has 0 aromatic carbocycles. The van der Waals surface area contributed by atoms with Crippen molar-refractivity contribution in [2.75, 3.05) is 24.5 Å². The molecule has 0 bridgehead atoms. The Balaban J connectivity index is 2.28. The molecule has 0 radical (unpaired) electrons. The molecular formula is C12H18N4O. The molecule has 1 aliphatic heterocycles. The first-order chi connectivity index (χ1) is 8.18. The van der Waals surface area contributed by atoms with E-state index in [1.54, 1.807) is 6.20 Å². The van der Waals surface area contributed by atoms with Crippen molar-refractivity contribution in [2.45, 2.75) is 19.4 Å². The number of nitrogens with two attached hydrogens (primary N) is 1. The average Bonchev–Trinajstić information content (AvgIpc) is 2.54. The van der Waals surface area contributed by atoms with E-state index in [2.05, 4.69) is 10.3 Å². The summed E-state index contributed by atoms with van der Waals surface area (Å²) in [5.41, 5.74) is 6.92. The monoisotopic (exact) mass is 234 g/mol. The largest absolute Gasteiger partial charge is 0.354 e. The Hall–Kier alpha value is -1.62. The van der Waals surface area contributed by atoms with Gasteiger partial charge in [-0.05, 0) is 19.4 Å². The molecule has 0 aliphatic carbocycles. The second kappa shape index (κ2) is 5.14. The molecule has 17 heavy (non-hydrogen) atoms. The lowest BCUT2D eigenvalue weighted by Gasteiger charge is -2.24. The molecule has 5 nitrogen and oxygen atoms in total. The third kappa shape index (κ3) is 2.74. The van der Waals surface area contributed by atoms with Crippen molar-refractivity contribution in [3.05, 3.63) is 23.9 Å². The number of aromatic nitrogens is 1. The number of hydrogen-bond donors (Lipinski definition) is 2. The van der Waals surface area contributed by atoms with Crippen molar-refractivity contribution in [1.29, 1.82) is 0 Å². The molecule has 1 aliphatic rings. The lowest BCUT2D eigenvalue weighted by atomic mass is 10.1. The first-order valence-electron chi connectivity index (χ1n) is 5.90. The van der Waals surface area contributed by atoms with E-state index in [4.69, 9.17) is 5.73 Å². The fourth-order valence-electron chi connectivity index (χ4n) is 2.02. The van der Waals surface area contributed by atoms with Crippen LogP contribution < -0.4 is 16.0 Å². The highest BCUT2D eigenvalue weighted by molar-refractivity contribution is 5.81. The van der Waals surface area contributed by atoms with Crippen molar-refractivity contribution >= 4 is 11.7 Å². The number of carbonyl (C=O) groups excluding carboxylic acids is 1. The van der Waals surface area contributed by atoms with Gasteiger partial charge in [0.05, 0.1) is 6.54 Å². The van der Waals surface area contributed by atoms with Crippen LogP contribution in [-0.2, 0) is 4.79 Å². The molecule has 1 amide bonds. The van der Waals surface area contributed by atoms with Crippen molar-refractivity contribution in [3.63, 3.8) is 0 Å². The standard InChI is InChI=1S/C12H18N4O/c1-9(13)10-4-2-5-15-12(10)16-7-3-6-14-11(17)8-16/h2,4-5,9H,3,6-8,13H2,1H3,(H,14,17)/t9-/m0/s1. The average molecular weight is 234 g/mol. The number of rotatable bonds is 2. The molecule has 2 rings (SSSR count). The van der Waals surface area contributed by atoms with Crippen LogP contribution >= 0.6 is 0 Å². The zero-order valence-corrected chi connectivity index (χ0v) is 10.0. The quantitative estimate of drug-likeness (QED) is 0.778. The van der Waals surface area contributed by atoms with Crippen molar-refractivity contribution < 1.29 is 4.79 Å². The lowest BCUT2D eigenvalue weighted by Crippen LogP contribution is -2.34. The highest BCUT2D eigenvalue weighted by Crippen LogP contribution is 2.22. The Morgan fingerprint density at radius 2 is 2.41 bits per heavy atom. The van der Waals surface area contributed by atoms with Gasteiger partial charge in [-0.1, -0.05) is 6.07 Å². The maximum absolute atomic E-state index is 11.5. The predicted octanol–water partition coefficient (Wildman–Crippen LogP) is 0.428. The zero-order chi connectivity index (χ0) is 12.3. The van der Waals surface area contributed by atoms with E-state index in [0.29, 0.717) is 6.54 Å². The lowest BCUT2D eigenvalue weighted by molar-refractivity contribution is -0.119. The summed E-state index contributed by atoms with van der Waals surface area (Å²) in [7, 11) is 0. The third-order valence-electron chi connectivity index (χ3n) is 2.87. The summed E-state index contributed by atoms with van der Waals surface area (Å²) in [5, 5.41) is 2.85. The Morgan fingerprint density at radius 1 is 1.59 bits per heavy atom. The van der Waals surface area contributed by atoms with Gasteiger partial charge in [-0.25, -0.2) is 4.98 Å².